The lowest BCUT2D eigenvalue weighted by Gasteiger charge is -2.12. The van der Waals surface area contributed by atoms with Gasteiger partial charge >= 0.3 is 0 Å². The fraction of sp³-hybridized carbons (Fsp3) is 0.500. The molecule has 102 valence electrons. The smallest absolute Gasteiger partial charge is 0.240 e. The molecule has 1 aromatic rings. The predicted octanol–water partition coefficient (Wildman–Crippen LogP) is 1.02. The standard InChI is InChI=1S/C12H20N2O3S/c1-9(2)14-18(15,16)11-4-5-12(10(3)8-11)17-7-6-13/h4-5,8-9,14H,6-7,13H2,1-3H3. The van der Waals surface area contributed by atoms with Gasteiger partial charge in [0.05, 0.1) is 4.90 Å². The highest BCUT2D eigenvalue weighted by Crippen LogP contribution is 2.21. The Morgan fingerprint density at radius 2 is 2.06 bits per heavy atom. The third kappa shape index (κ3) is 3.97. The molecule has 3 N–H and O–H groups in total. The number of hydrogen-bond donors (Lipinski definition) is 2. The SMILES string of the molecule is Cc1cc(S(=O)(=O)NC(C)C)ccc1OCCN. The average molecular weight is 272 g/mol. The first-order valence-electron chi connectivity index (χ1n) is 5.82. The first-order valence-corrected chi connectivity index (χ1v) is 7.31. The summed E-state index contributed by atoms with van der Waals surface area (Å²) >= 11 is 0. The van der Waals surface area contributed by atoms with Crippen molar-refractivity contribution in [1.29, 1.82) is 0 Å². The molecule has 0 fully saturated rings. The van der Waals surface area contributed by atoms with E-state index >= 15 is 0 Å². The van der Waals surface area contributed by atoms with Gasteiger partial charge in [0.1, 0.15) is 12.4 Å². The third-order valence-electron chi connectivity index (χ3n) is 2.22. The molecule has 0 unspecified atom stereocenters. The van der Waals surface area contributed by atoms with Crippen molar-refractivity contribution in [3.05, 3.63) is 23.8 Å². The van der Waals surface area contributed by atoms with E-state index in [1.54, 1.807) is 32.9 Å². The zero-order valence-electron chi connectivity index (χ0n) is 10.9. The molecular weight excluding hydrogens is 252 g/mol. The number of aryl methyl sites for hydroxylation is 1. The summed E-state index contributed by atoms with van der Waals surface area (Å²) in [6, 6.07) is 4.64. The Bertz CT molecular complexity index is 498. The fourth-order valence-electron chi connectivity index (χ4n) is 1.50. The van der Waals surface area contributed by atoms with E-state index in [0.717, 1.165) is 5.56 Å². The first-order chi connectivity index (χ1) is 8.36. The lowest BCUT2D eigenvalue weighted by atomic mass is 10.2. The summed E-state index contributed by atoms with van der Waals surface area (Å²) in [5.74, 6) is 0.656. The third-order valence-corrected chi connectivity index (χ3v) is 3.88. The topological polar surface area (TPSA) is 81.4 Å². The number of hydrogen-bond acceptors (Lipinski definition) is 4. The number of rotatable bonds is 6. The number of ether oxygens (including phenoxy) is 1. The maximum Gasteiger partial charge on any atom is 0.240 e. The molecule has 0 aliphatic rings. The van der Waals surface area contributed by atoms with Gasteiger partial charge in [-0.05, 0) is 44.5 Å². The van der Waals surface area contributed by atoms with E-state index in [4.69, 9.17) is 10.5 Å². The van der Waals surface area contributed by atoms with E-state index in [-0.39, 0.29) is 10.9 Å². The summed E-state index contributed by atoms with van der Waals surface area (Å²) in [6.45, 7) is 6.21. The molecule has 5 nitrogen and oxygen atoms in total. The Morgan fingerprint density at radius 1 is 1.39 bits per heavy atom. The quantitative estimate of drug-likeness (QED) is 0.810. The second-order valence-electron chi connectivity index (χ2n) is 4.34. The van der Waals surface area contributed by atoms with Gasteiger partial charge in [-0.2, -0.15) is 0 Å². The zero-order valence-corrected chi connectivity index (χ0v) is 11.8. The van der Waals surface area contributed by atoms with Gasteiger partial charge in [0.25, 0.3) is 0 Å². The van der Waals surface area contributed by atoms with Crippen LogP contribution < -0.4 is 15.2 Å². The fourth-order valence-corrected chi connectivity index (χ4v) is 2.83. The molecule has 1 rings (SSSR count). The van der Waals surface area contributed by atoms with Crippen LogP contribution in [0.4, 0.5) is 0 Å². The minimum absolute atomic E-state index is 0.136. The van der Waals surface area contributed by atoms with E-state index < -0.39 is 10.0 Å². The molecule has 0 amide bonds. The van der Waals surface area contributed by atoms with Crippen molar-refractivity contribution in [1.82, 2.24) is 4.72 Å². The lowest BCUT2D eigenvalue weighted by molar-refractivity contribution is 0.326. The van der Waals surface area contributed by atoms with Gasteiger partial charge in [-0.3, -0.25) is 0 Å². The highest BCUT2D eigenvalue weighted by atomic mass is 32.2. The van der Waals surface area contributed by atoms with Crippen molar-refractivity contribution >= 4 is 10.0 Å². The number of nitrogens with two attached hydrogens (primary N) is 1. The van der Waals surface area contributed by atoms with Crippen LogP contribution in [0.25, 0.3) is 0 Å². The average Bonchev–Trinajstić information content (AvgIpc) is 2.25. The summed E-state index contributed by atoms with van der Waals surface area (Å²) in [4.78, 5) is 0.244. The Morgan fingerprint density at radius 3 is 2.56 bits per heavy atom. The molecule has 0 bridgehead atoms. The van der Waals surface area contributed by atoms with Crippen molar-refractivity contribution < 1.29 is 13.2 Å². The predicted molar refractivity (Wildman–Crippen MR) is 71.2 cm³/mol. The van der Waals surface area contributed by atoms with E-state index in [0.29, 0.717) is 18.9 Å². The van der Waals surface area contributed by atoms with Gasteiger partial charge in [-0.15, -0.1) is 0 Å². The minimum Gasteiger partial charge on any atom is -0.492 e. The number of sulfonamides is 1. The summed E-state index contributed by atoms with van der Waals surface area (Å²) in [7, 11) is -3.45. The van der Waals surface area contributed by atoms with Crippen molar-refractivity contribution in [2.45, 2.75) is 31.7 Å². The van der Waals surface area contributed by atoms with Crippen LogP contribution >= 0.6 is 0 Å². The molecule has 0 radical (unpaired) electrons. The van der Waals surface area contributed by atoms with E-state index in [1.807, 2.05) is 0 Å². The first kappa shape index (κ1) is 14.9. The van der Waals surface area contributed by atoms with Gasteiger partial charge < -0.3 is 10.5 Å². The molecule has 0 saturated heterocycles. The summed E-state index contributed by atoms with van der Waals surface area (Å²) < 4.78 is 31.8. The van der Waals surface area contributed by atoms with E-state index in [2.05, 4.69) is 4.72 Å². The second-order valence-corrected chi connectivity index (χ2v) is 6.05. The maximum atomic E-state index is 11.9. The minimum atomic E-state index is -3.45. The van der Waals surface area contributed by atoms with E-state index in [9.17, 15) is 8.42 Å². The zero-order chi connectivity index (χ0) is 13.8. The van der Waals surface area contributed by atoms with Crippen LogP contribution in [0, 0.1) is 6.92 Å². The molecule has 6 heteroatoms. The van der Waals surface area contributed by atoms with Crippen LogP contribution in [-0.2, 0) is 10.0 Å². The van der Waals surface area contributed by atoms with Gasteiger partial charge in [0.15, 0.2) is 0 Å². The van der Waals surface area contributed by atoms with Crippen molar-refractivity contribution in [3.8, 4) is 5.75 Å². The molecule has 1 aromatic carbocycles. The molecular formula is C12H20N2O3S. The monoisotopic (exact) mass is 272 g/mol. The Kier molecular flexibility index (Phi) is 5.13. The van der Waals surface area contributed by atoms with Crippen LogP contribution in [0.3, 0.4) is 0 Å². The Labute approximate surface area is 108 Å². The summed E-state index contributed by atoms with van der Waals surface area (Å²) in [6.07, 6.45) is 0. The summed E-state index contributed by atoms with van der Waals surface area (Å²) in [5.41, 5.74) is 6.12. The van der Waals surface area contributed by atoms with Gasteiger partial charge in [0.2, 0.25) is 10.0 Å². The van der Waals surface area contributed by atoms with Crippen molar-refractivity contribution in [2.24, 2.45) is 5.73 Å². The highest BCUT2D eigenvalue weighted by Gasteiger charge is 2.16. The maximum absolute atomic E-state index is 11.9. The van der Waals surface area contributed by atoms with Crippen LogP contribution in [0.1, 0.15) is 19.4 Å². The Balaban J connectivity index is 2.97. The highest BCUT2D eigenvalue weighted by molar-refractivity contribution is 7.89. The molecule has 0 aliphatic carbocycles. The molecule has 0 atom stereocenters. The van der Waals surface area contributed by atoms with Crippen LogP contribution in [0.5, 0.6) is 5.75 Å². The van der Waals surface area contributed by atoms with Crippen LogP contribution in [0.15, 0.2) is 23.1 Å². The Hall–Kier alpha value is -1.11. The summed E-state index contributed by atoms with van der Waals surface area (Å²) in [5, 5.41) is 0. The van der Waals surface area contributed by atoms with Crippen molar-refractivity contribution in [3.63, 3.8) is 0 Å². The molecule has 18 heavy (non-hydrogen) atoms. The lowest BCUT2D eigenvalue weighted by Crippen LogP contribution is -2.30. The van der Waals surface area contributed by atoms with E-state index in [1.165, 1.54) is 6.07 Å². The molecule has 0 heterocycles. The van der Waals surface area contributed by atoms with Crippen LogP contribution in [-0.4, -0.2) is 27.6 Å². The normalized spacial score (nSPS) is 11.8. The number of nitrogens with one attached hydrogen (secondary N) is 1. The molecule has 0 aromatic heterocycles. The van der Waals surface area contributed by atoms with Gasteiger partial charge in [-0.1, -0.05) is 0 Å². The van der Waals surface area contributed by atoms with Crippen LogP contribution in [0.2, 0.25) is 0 Å². The molecule has 0 aliphatic heterocycles. The largest absolute Gasteiger partial charge is 0.492 e. The second kappa shape index (κ2) is 6.17. The van der Waals surface area contributed by atoms with Gasteiger partial charge in [0, 0.05) is 12.6 Å². The van der Waals surface area contributed by atoms with Gasteiger partial charge in [-0.25, -0.2) is 13.1 Å². The van der Waals surface area contributed by atoms with Crippen molar-refractivity contribution in [2.75, 3.05) is 13.2 Å². The molecule has 0 spiro atoms. The molecule has 0 saturated carbocycles. The number of benzene rings is 1.